The van der Waals surface area contributed by atoms with E-state index in [9.17, 15) is 4.79 Å². The highest BCUT2D eigenvalue weighted by Crippen LogP contribution is 2.31. The molecule has 1 N–H and O–H groups in total. The van der Waals surface area contributed by atoms with Crippen LogP contribution in [0.15, 0.2) is 48.5 Å². The Balaban J connectivity index is 1.51. The Labute approximate surface area is 157 Å². The summed E-state index contributed by atoms with van der Waals surface area (Å²) in [6.45, 7) is 3.72. The third-order valence-electron chi connectivity index (χ3n) is 4.82. The number of benzene rings is 2. The van der Waals surface area contributed by atoms with Gasteiger partial charge < -0.3 is 10.2 Å². The summed E-state index contributed by atoms with van der Waals surface area (Å²) in [5.74, 6) is 0.190. The van der Waals surface area contributed by atoms with Crippen molar-refractivity contribution in [3.05, 3.63) is 48.5 Å². The fourth-order valence-electron chi connectivity index (χ4n) is 3.44. The highest BCUT2D eigenvalue weighted by Gasteiger charge is 2.22. The van der Waals surface area contributed by atoms with E-state index in [2.05, 4.69) is 23.5 Å². The zero-order chi connectivity index (χ0) is 17.9. The van der Waals surface area contributed by atoms with E-state index in [0.717, 1.165) is 47.7 Å². The molecule has 0 spiro atoms. The molecule has 4 rings (SSSR count). The molecule has 26 heavy (non-hydrogen) atoms. The number of likely N-dealkylation sites (tertiary alicyclic amines) is 1. The van der Waals surface area contributed by atoms with Crippen LogP contribution in [0.1, 0.15) is 26.2 Å². The molecular weight excluding hydrogens is 342 g/mol. The van der Waals surface area contributed by atoms with Gasteiger partial charge in [-0.1, -0.05) is 24.3 Å². The van der Waals surface area contributed by atoms with E-state index in [0.29, 0.717) is 0 Å². The SMILES string of the molecule is C[C@@H](Nc1cccc(-c2nc3ccccc3s2)c1)C(=O)N1CCCCC1. The monoisotopic (exact) mass is 365 g/mol. The van der Waals surface area contributed by atoms with Gasteiger partial charge in [-0.25, -0.2) is 4.98 Å². The largest absolute Gasteiger partial charge is 0.374 e. The molecule has 2 heterocycles. The number of anilines is 1. The molecule has 4 nitrogen and oxygen atoms in total. The Hall–Kier alpha value is -2.40. The number of thiazole rings is 1. The van der Waals surface area contributed by atoms with Crippen molar-refractivity contribution in [2.24, 2.45) is 0 Å². The molecule has 2 aromatic carbocycles. The molecule has 5 heteroatoms. The number of carbonyl (C=O) groups is 1. The standard InChI is InChI=1S/C21H23N3OS/c1-15(21(25)24-12-5-2-6-13-24)22-17-9-7-8-16(14-17)20-23-18-10-3-4-11-19(18)26-20/h3-4,7-11,14-15,22H,2,5-6,12-13H2,1H3/t15-/m1/s1. The van der Waals surface area contributed by atoms with Gasteiger partial charge in [0.15, 0.2) is 0 Å². The molecular formula is C21H23N3OS. The van der Waals surface area contributed by atoms with E-state index in [1.54, 1.807) is 11.3 Å². The number of hydrogen-bond donors (Lipinski definition) is 1. The van der Waals surface area contributed by atoms with Crippen molar-refractivity contribution in [3.63, 3.8) is 0 Å². The fourth-order valence-corrected chi connectivity index (χ4v) is 4.40. The number of amides is 1. The lowest BCUT2D eigenvalue weighted by molar-refractivity contribution is -0.132. The fraction of sp³-hybridized carbons (Fsp3) is 0.333. The minimum atomic E-state index is -0.223. The van der Waals surface area contributed by atoms with Crippen LogP contribution in [-0.2, 0) is 4.79 Å². The van der Waals surface area contributed by atoms with E-state index < -0.39 is 0 Å². The van der Waals surface area contributed by atoms with Crippen molar-refractivity contribution in [3.8, 4) is 10.6 Å². The second-order valence-corrected chi connectivity index (χ2v) is 7.85. The zero-order valence-electron chi connectivity index (χ0n) is 14.9. The number of piperidine rings is 1. The Morgan fingerprint density at radius 1 is 1.12 bits per heavy atom. The van der Waals surface area contributed by atoms with Crippen LogP contribution in [0.4, 0.5) is 5.69 Å². The molecule has 1 amide bonds. The van der Waals surface area contributed by atoms with Crippen molar-refractivity contribution in [2.45, 2.75) is 32.2 Å². The first-order chi connectivity index (χ1) is 12.7. The van der Waals surface area contributed by atoms with Gasteiger partial charge in [0.25, 0.3) is 0 Å². The van der Waals surface area contributed by atoms with Gasteiger partial charge in [0.2, 0.25) is 5.91 Å². The Bertz CT molecular complexity index is 881. The quantitative estimate of drug-likeness (QED) is 0.724. The number of fused-ring (bicyclic) bond motifs is 1. The van der Waals surface area contributed by atoms with Crippen LogP contribution in [-0.4, -0.2) is 34.9 Å². The van der Waals surface area contributed by atoms with E-state index in [-0.39, 0.29) is 11.9 Å². The first kappa shape index (κ1) is 17.0. The smallest absolute Gasteiger partial charge is 0.244 e. The van der Waals surface area contributed by atoms with Crippen LogP contribution < -0.4 is 5.32 Å². The van der Waals surface area contributed by atoms with E-state index >= 15 is 0 Å². The Morgan fingerprint density at radius 3 is 2.73 bits per heavy atom. The van der Waals surface area contributed by atoms with Gasteiger partial charge in [-0.3, -0.25) is 4.79 Å². The molecule has 134 valence electrons. The first-order valence-electron chi connectivity index (χ1n) is 9.22. The number of para-hydroxylation sites is 1. The van der Waals surface area contributed by atoms with E-state index in [1.165, 1.54) is 11.1 Å². The maximum absolute atomic E-state index is 12.6. The van der Waals surface area contributed by atoms with E-state index in [1.807, 2.05) is 42.2 Å². The van der Waals surface area contributed by atoms with Gasteiger partial charge in [0, 0.05) is 24.3 Å². The van der Waals surface area contributed by atoms with Gasteiger partial charge in [-0.05, 0) is 50.5 Å². The number of carbonyl (C=O) groups excluding carboxylic acids is 1. The topological polar surface area (TPSA) is 45.2 Å². The number of hydrogen-bond acceptors (Lipinski definition) is 4. The van der Waals surface area contributed by atoms with Crippen LogP contribution in [0, 0.1) is 0 Å². The molecule has 1 atom stereocenters. The average molecular weight is 366 g/mol. The number of aromatic nitrogens is 1. The lowest BCUT2D eigenvalue weighted by Gasteiger charge is -2.29. The van der Waals surface area contributed by atoms with Crippen molar-refractivity contribution in [2.75, 3.05) is 18.4 Å². The van der Waals surface area contributed by atoms with Crippen molar-refractivity contribution in [1.82, 2.24) is 9.88 Å². The summed E-state index contributed by atoms with van der Waals surface area (Å²) in [6.07, 6.45) is 3.47. The second-order valence-electron chi connectivity index (χ2n) is 6.82. The third-order valence-corrected chi connectivity index (χ3v) is 5.91. The molecule has 3 aromatic rings. The Kier molecular flexibility index (Phi) is 4.89. The zero-order valence-corrected chi connectivity index (χ0v) is 15.8. The molecule has 0 unspecified atom stereocenters. The van der Waals surface area contributed by atoms with E-state index in [4.69, 9.17) is 4.98 Å². The summed E-state index contributed by atoms with van der Waals surface area (Å²) in [5, 5.41) is 4.37. The first-order valence-corrected chi connectivity index (χ1v) is 10.0. The minimum absolute atomic E-state index is 0.190. The van der Waals surface area contributed by atoms with Crippen LogP contribution in [0.5, 0.6) is 0 Å². The number of nitrogens with one attached hydrogen (secondary N) is 1. The predicted molar refractivity (Wildman–Crippen MR) is 109 cm³/mol. The number of nitrogens with zero attached hydrogens (tertiary/aromatic N) is 2. The van der Waals surface area contributed by atoms with Crippen LogP contribution >= 0.6 is 11.3 Å². The Morgan fingerprint density at radius 2 is 1.92 bits per heavy atom. The molecule has 0 bridgehead atoms. The molecule has 1 aromatic heterocycles. The summed E-state index contributed by atoms with van der Waals surface area (Å²) < 4.78 is 1.19. The summed E-state index contributed by atoms with van der Waals surface area (Å²) in [6, 6.07) is 16.1. The van der Waals surface area contributed by atoms with Gasteiger partial charge in [-0.15, -0.1) is 11.3 Å². The molecule has 0 radical (unpaired) electrons. The summed E-state index contributed by atoms with van der Waals surface area (Å²) >= 11 is 1.69. The molecule has 0 aliphatic carbocycles. The van der Waals surface area contributed by atoms with Gasteiger partial charge >= 0.3 is 0 Å². The molecule has 1 saturated heterocycles. The van der Waals surface area contributed by atoms with Gasteiger partial charge in [-0.2, -0.15) is 0 Å². The summed E-state index contributed by atoms with van der Waals surface area (Å²) in [4.78, 5) is 19.3. The molecule has 1 fully saturated rings. The highest BCUT2D eigenvalue weighted by atomic mass is 32.1. The predicted octanol–water partition coefficient (Wildman–Crippen LogP) is 4.78. The average Bonchev–Trinajstić information content (AvgIpc) is 3.12. The van der Waals surface area contributed by atoms with Gasteiger partial charge in [0.05, 0.1) is 10.2 Å². The van der Waals surface area contributed by atoms with Crippen LogP contribution in [0.2, 0.25) is 0 Å². The van der Waals surface area contributed by atoms with Crippen molar-refractivity contribution < 1.29 is 4.79 Å². The lowest BCUT2D eigenvalue weighted by atomic mass is 10.1. The second kappa shape index (κ2) is 7.46. The maximum Gasteiger partial charge on any atom is 0.244 e. The third kappa shape index (κ3) is 3.58. The molecule has 1 aliphatic heterocycles. The highest BCUT2D eigenvalue weighted by molar-refractivity contribution is 7.21. The molecule has 0 saturated carbocycles. The summed E-state index contributed by atoms with van der Waals surface area (Å²) in [5.41, 5.74) is 3.06. The maximum atomic E-state index is 12.6. The van der Waals surface area contributed by atoms with Crippen LogP contribution in [0.3, 0.4) is 0 Å². The molecule has 1 aliphatic rings. The lowest BCUT2D eigenvalue weighted by Crippen LogP contribution is -2.43. The minimum Gasteiger partial charge on any atom is -0.374 e. The van der Waals surface area contributed by atoms with Gasteiger partial charge in [0.1, 0.15) is 11.0 Å². The number of rotatable bonds is 4. The van der Waals surface area contributed by atoms with Crippen molar-refractivity contribution in [1.29, 1.82) is 0 Å². The summed E-state index contributed by atoms with van der Waals surface area (Å²) in [7, 11) is 0. The van der Waals surface area contributed by atoms with Crippen LogP contribution in [0.25, 0.3) is 20.8 Å². The normalized spacial score (nSPS) is 15.8. The van der Waals surface area contributed by atoms with Crippen molar-refractivity contribution >= 4 is 33.1 Å².